The van der Waals surface area contributed by atoms with Gasteiger partial charge >= 0.3 is 182 Å². The standard InChI is InChI=1S/C38H42F4IN6O6/c1-7-8-26-24(9-10-30(34(26)44-5)49-36(51)27-11-13-45-20-31(27)47(6)38(49)53)18-29(37(52)55-15-12-22(2)3)46-35(50)33-23(4)17-25(19-28(33)39)48-14-16-54-21-32(48)43(40,41)42/h7-11,13,17,19-20,22,29,32H,5,12,14-16,18,21H2,1-4,6H3,(H,46,50)/q-1/b8-7-/t29-,32+/m0/s1. The second-order valence-corrected chi connectivity index (χ2v) is 17.1. The number of morpholine rings is 1. The Hall–Kier alpha value is -4.91. The summed E-state index contributed by atoms with van der Waals surface area (Å²) in [6, 6.07) is 5.39. The van der Waals surface area contributed by atoms with Crippen LogP contribution in [0, 0.1) is 18.7 Å². The molecule has 1 amide bonds. The van der Waals surface area contributed by atoms with Gasteiger partial charge in [-0.05, 0) is 38.1 Å². The monoisotopic (exact) mass is 881 g/mol. The molecule has 5 rings (SSSR count). The molecular weight excluding hydrogens is 839 g/mol. The van der Waals surface area contributed by atoms with E-state index in [1.807, 2.05) is 13.8 Å². The molecular formula is C38H42F4IN6O6-. The van der Waals surface area contributed by atoms with Crippen molar-refractivity contribution in [2.24, 2.45) is 18.0 Å². The SMILES string of the molecule is C=Nc1c(-n2c(=O)c3ccncc3n(C)c2=O)ccc(C[C@H](NC(=O)c2c(C)cc(N3CCOC[C@@H]3[I-](F)(F)F)cc2F)C(=O)OCCC(C)C)c1/C=C\C. The summed E-state index contributed by atoms with van der Waals surface area (Å²) in [7, 11) is 1.50. The zero-order valence-corrected chi connectivity index (χ0v) is 33.1. The molecule has 296 valence electrons. The predicted molar refractivity (Wildman–Crippen MR) is 198 cm³/mol. The molecule has 0 unspecified atom stereocenters. The number of halogens is 5. The fourth-order valence-corrected chi connectivity index (χ4v) is 8.44. The molecule has 2 aromatic heterocycles. The van der Waals surface area contributed by atoms with Crippen LogP contribution in [-0.2, 0) is 27.7 Å². The van der Waals surface area contributed by atoms with Gasteiger partial charge in [-0.1, -0.05) is 26.0 Å². The van der Waals surface area contributed by atoms with Crippen LogP contribution in [0.15, 0.2) is 63.4 Å². The van der Waals surface area contributed by atoms with Gasteiger partial charge in [0.1, 0.15) is 0 Å². The summed E-state index contributed by atoms with van der Waals surface area (Å²) >= 11 is -6.69. The number of carbonyl (C=O) groups is 2. The van der Waals surface area contributed by atoms with Gasteiger partial charge in [0.2, 0.25) is 0 Å². The van der Waals surface area contributed by atoms with Gasteiger partial charge < -0.3 is 0 Å². The number of ether oxygens (including phenoxy) is 2. The third kappa shape index (κ3) is 8.82. The van der Waals surface area contributed by atoms with E-state index in [1.54, 1.807) is 25.1 Å². The van der Waals surface area contributed by atoms with E-state index in [9.17, 15) is 27.8 Å². The molecule has 2 aromatic carbocycles. The minimum atomic E-state index is -6.69. The summed E-state index contributed by atoms with van der Waals surface area (Å²) in [6.07, 6.45) is 6.51. The number of alkyl halides is 1. The molecule has 1 N–H and O–H groups in total. The zero-order chi connectivity index (χ0) is 40.2. The van der Waals surface area contributed by atoms with Crippen LogP contribution in [-0.4, -0.2) is 69.2 Å². The summed E-state index contributed by atoms with van der Waals surface area (Å²) in [5, 5.41) is 2.82. The number of aromatic nitrogens is 3. The Bertz CT molecular complexity index is 2250. The summed E-state index contributed by atoms with van der Waals surface area (Å²) < 4.78 is 68.7. The van der Waals surface area contributed by atoms with Gasteiger partial charge in [0.05, 0.1) is 28.5 Å². The number of rotatable bonds is 13. The number of carbonyl (C=O) groups excluding carboxylic acids is 2. The fraction of sp³-hybridized carbons (Fsp3) is 0.368. The quantitative estimate of drug-likeness (QED) is 0.0542. The van der Waals surface area contributed by atoms with Crippen LogP contribution in [0.5, 0.6) is 0 Å². The van der Waals surface area contributed by atoms with Crippen molar-refractivity contribution in [3.05, 3.63) is 97.7 Å². The Morgan fingerprint density at radius 3 is 2.60 bits per heavy atom. The first kappa shape index (κ1) is 41.3. The van der Waals surface area contributed by atoms with E-state index in [0.717, 1.165) is 15.5 Å². The van der Waals surface area contributed by atoms with Crippen molar-refractivity contribution >= 4 is 46.9 Å². The number of anilines is 1. The topological polar surface area (TPSA) is 137 Å². The Morgan fingerprint density at radius 1 is 1.20 bits per heavy atom. The molecule has 4 aromatic rings. The normalized spacial score (nSPS) is 15.7. The number of hydrogen-bond acceptors (Lipinski definition) is 9. The zero-order valence-electron chi connectivity index (χ0n) is 31.0. The van der Waals surface area contributed by atoms with Gasteiger partial charge in [0.25, 0.3) is 5.56 Å². The molecule has 1 saturated heterocycles. The Kier molecular flexibility index (Phi) is 13.0. The smallest absolute Gasteiger partial charge is 0.0870 e. The van der Waals surface area contributed by atoms with Crippen LogP contribution >= 0.6 is 0 Å². The van der Waals surface area contributed by atoms with Gasteiger partial charge in [-0.15, -0.1) is 0 Å². The summed E-state index contributed by atoms with van der Waals surface area (Å²) in [6.45, 7) is 10.1. The molecule has 0 spiro atoms. The van der Waals surface area contributed by atoms with Crippen LogP contribution in [0.4, 0.5) is 24.3 Å². The second kappa shape index (κ2) is 17.3. The average molecular weight is 882 g/mol. The van der Waals surface area contributed by atoms with E-state index in [1.165, 1.54) is 49.1 Å². The first-order valence-electron chi connectivity index (χ1n) is 17.4. The third-order valence-electron chi connectivity index (χ3n) is 9.23. The Balaban J connectivity index is 1.54. The average Bonchev–Trinajstić information content (AvgIpc) is 3.13. The minimum absolute atomic E-state index is 0.0250. The fourth-order valence-electron chi connectivity index (χ4n) is 6.41. The van der Waals surface area contributed by atoms with Crippen molar-refractivity contribution in [2.45, 2.75) is 50.6 Å². The molecule has 0 radical (unpaired) electrons. The van der Waals surface area contributed by atoms with Crippen LogP contribution in [0.3, 0.4) is 0 Å². The van der Waals surface area contributed by atoms with Crippen LogP contribution in [0.25, 0.3) is 22.7 Å². The van der Waals surface area contributed by atoms with Gasteiger partial charge in [-0.25, -0.2) is 9.36 Å². The molecule has 0 aliphatic carbocycles. The van der Waals surface area contributed by atoms with Crippen molar-refractivity contribution in [3.8, 4) is 5.69 Å². The minimum Gasteiger partial charge on any atom is -0.0870 e. The van der Waals surface area contributed by atoms with E-state index >= 15 is 4.39 Å². The van der Waals surface area contributed by atoms with Crippen molar-refractivity contribution in [3.63, 3.8) is 0 Å². The van der Waals surface area contributed by atoms with E-state index in [4.69, 9.17) is 9.47 Å². The van der Waals surface area contributed by atoms with E-state index in [0.29, 0.717) is 23.1 Å². The number of aryl methyl sites for hydroxylation is 2. The number of benzene rings is 2. The third-order valence-corrected chi connectivity index (χ3v) is 11.9. The number of hydrogen-bond donors (Lipinski definition) is 1. The number of amides is 1. The number of aliphatic imine (C=N–C) groups is 1. The van der Waals surface area contributed by atoms with Crippen molar-refractivity contribution in [1.29, 1.82) is 0 Å². The molecule has 1 aliphatic heterocycles. The molecule has 3 heterocycles. The molecule has 55 heavy (non-hydrogen) atoms. The summed E-state index contributed by atoms with van der Waals surface area (Å²) in [5.74, 6) is -2.66. The molecule has 0 saturated carbocycles. The second-order valence-electron chi connectivity index (χ2n) is 13.4. The van der Waals surface area contributed by atoms with Crippen molar-refractivity contribution in [2.75, 3.05) is 31.3 Å². The number of allylic oxidation sites excluding steroid dienone is 1. The van der Waals surface area contributed by atoms with Gasteiger partial charge in [0.15, 0.2) is 0 Å². The Morgan fingerprint density at radius 2 is 1.95 bits per heavy atom. The Labute approximate surface area is 320 Å². The maximum absolute atomic E-state index is 15.8. The van der Waals surface area contributed by atoms with Gasteiger partial charge in [-0.3, -0.25) is 19.3 Å². The van der Waals surface area contributed by atoms with Crippen LogP contribution < -0.4 is 41.6 Å². The molecule has 17 heteroatoms. The molecule has 2 atom stereocenters. The summed E-state index contributed by atoms with van der Waals surface area (Å²) in [5.41, 5.74) is -0.273. The van der Waals surface area contributed by atoms with Gasteiger partial charge in [0, 0.05) is 13.2 Å². The summed E-state index contributed by atoms with van der Waals surface area (Å²) in [4.78, 5) is 63.9. The first-order chi connectivity index (χ1) is 26.1. The molecule has 1 fully saturated rings. The number of nitrogens with one attached hydrogen (secondary N) is 1. The van der Waals surface area contributed by atoms with Gasteiger partial charge in [-0.2, -0.15) is 0 Å². The van der Waals surface area contributed by atoms with E-state index in [2.05, 4.69) is 22.0 Å². The number of esters is 1. The van der Waals surface area contributed by atoms with Crippen LogP contribution in [0.1, 0.15) is 54.2 Å². The number of pyridine rings is 1. The predicted octanol–water partition coefficient (Wildman–Crippen LogP) is 2.80. The number of fused-ring (bicyclic) bond motifs is 1. The first-order valence-corrected chi connectivity index (χ1v) is 21.1. The van der Waals surface area contributed by atoms with E-state index < -0.39 is 71.4 Å². The van der Waals surface area contributed by atoms with Crippen molar-refractivity contribution in [1.82, 2.24) is 19.4 Å². The molecule has 0 bridgehead atoms. The maximum atomic E-state index is 15.8. The van der Waals surface area contributed by atoms with Crippen LogP contribution in [0.2, 0.25) is 0 Å². The number of nitrogens with zero attached hydrogens (tertiary/aromatic N) is 5. The van der Waals surface area contributed by atoms with E-state index in [-0.39, 0.29) is 60.1 Å². The molecule has 1 aliphatic rings. The molecule has 12 nitrogen and oxygen atoms in total. The van der Waals surface area contributed by atoms with Crippen molar-refractivity contribution < 1.29 is 52.2 Å².